The van der Waals surface area contributed by atoms with Gasteiger partial charge in [-0.3, -0.25) is 9.48 Å². The highest BCUT2D eigenvalue weighted by Gasteiger charge is 2.18. The minimum absolute atomic E-state index is 0.280. The Labute approximate surface area is 146 Å². The number of hydrogen-bond acceptors (Lipinski definition) is 4. The first kappa shape index (κ1) is 17.0. The zero-order valence-corrected chi connectivity index (χ0v) is 15.0. The molecular formula is C19H22N4O2. The van der Waals surface area contributed by atoms with Gasteiger partial charge in [-0.05, 0) is 31.9 Å². The number of nitrogens with one attached hydrogen (secondary N) is 1. The van der Waals surface area contributed by atoms with E-state index in [1.165, 1.54) is 11.1 Å². The fraction of sp³-hybridized carbons (Fsp3) is 0.316. The van der Waals surface area contributed by atoms with Crippen LogP contribution in [0, 0.1) is 20.8 Å². The summed E-state index contributed by atoms with van der Waals surface area (Å²) in [6, 6.07) is 9.88. The van der Waals surface area contributed by atoms with Crippen molar-refractivity contribution < 1.29 is 9.32 Å². The molecule has 2 heterocycles. The molecule has 0 saturated carbocycles. The number of aromatic nitrogens is 3. The van der Waals surface area contributed by atoms with Crippen molar-refractivity contribution in [1.29, 1.82) is 0 Å². The highest BCUT2D eigenvalue weighted by atomic mass is 16.5. The summed E-state index contributed by atoms with van der Waals surface area (Å²) in [5.41, 5.74) is 5.11. The number of aryl methyl sites for hydroxylation is 3. The van der Waals surface area contributed by atoms with Crippen molar-refractivity contribution in [2.45, 2.75) is 40.7 Å². The number of nitrogens with zero attached hydrogens (tertiary/aromatic N) is 3. The number of benzene rings is 1. The van der Waals surface area contributed by atoms with Gasteiger partial charge in [0.15, 0.2) is 5.69 Å². The van der Waals surface area contributed by atoms with Crippen molar-refractivity contribution in [1.82, 2.24) is 14.9 Å². The lowest BCUT2D eigenvalue weighted by Crippen LogP contribution is -2.13. The largest absolute Gasteiger partial charge is 0.361 e. The van der Waals surface area contributed by atoms with Crippen LogP contribution in [-0.2, 0) is 13.0 Å². The van der Waals surface area contributed by atoms with Crippen molar-refractivity contribution >= 4 is 11.6 Å². The van der Waals surface area contributed by atoms with Crippen LogP contribution in [0.2, 0.25) is 0 Å². The number of hydrogen-bond donors (Lipinski definition) is 1. The molecule has 0 aliphatic rings. The Morgan fingerprint density at radius 3 is 2.68 bits per heavy atom. The van der Waals surface area contributed by atoms with E-state index in [0.717, 1.165) is 17.1 Å². The second kappa shape index (κ2) is 6.93. The lowest BCUT2D eigenvalue weighted by atomic mass is 10.1. The van der Waals surface area contributed by atoms with Crippen molar-refractivity contribution in [3.8, 4) is 0 Å². The van der Waals surface area contributed by atoms with Gasteiger partial charge in [0.1, 0.15) is 5.76 Å². The van der Waals surface area contributed by atoms with Gasteiger partial charge < -0.3 is 9.84 Å². The van der Waals surface area contributed by atoms with E-state index in [-0.39, 0.29) is 11.6 Å². The predicted octanol–water partition coefficient (Wildman–Crippen LogP) is 3.66. The Balaban J connectivity index is 1.82. The summed E-state index contributed by atoms with van der Waals surface area (Å²) in [4.78, 5) is 12.4. The summed E-state index contributed by atoms with van der Waals surface area (Å²) in [5, 5.41) is 11.3. The molecule has 25 heavy (non-hydrogen) atoms. The fourth-order valence-electron chi connectivity index (χ4n) is 2.74. The summed E-state index contributed by atoms with van der Waals surface area (Å²) in [5.74, 6) is 0.402. The fourth-order valence-corrected chi connectivity index (χ4v) is 2.74. The molecule has 0 bridgehead atoms. The van der Waals surface area contributed by atoms with Crippen LogP contribution >= 0.6 is 0 Å². The molecule has 0 radical (unpaired) electrons. The van der Waals surface area contributed by atoms with Gasteiger partial charge in [0.05, 0.1) is 23.6 Å². The van der Waals surface area contributed by atoms with Crippen LogP contribution in [-0.4, -0.2) is 20.8 Å². The second-order valence-electron chi connectivity index (χ2n) is 6.12. The van der Waals surface area contributed by atoms with Gasteiger partial charge in [-0.1, -0.05) is 36.3 Å². The molecule has 130 valence electrons. The van der Waals surface area contributed by atoms with Crippen LogP contribution in [0.3, 0.4) is 0 Å². The van der Waals surface area contributed by atoms with E-state index in [1.54, 1.807) is 6.07 Å². The second-order valence-corrected chi connectivity index (χ2v) is 6.12. The van der Waals surface area contributed by atoms with E-state index in [4.69, 9.17) is 4.52 Å². The standard InChI is InChI=1S/C19H22N4O2/c1-5-16-10-17(22-25-16)19(24)20-18-13(3)21-23(14(18)4)11-15-9-7-6-8-12(15)2/h6-10H,5,11H2,1-4H3,(H,20,24). The van der Waals surface area contributed by atoms with Gasteiger partial charge in [-0.25, -0.2) is 0 Å². The molecule has 2 aromatic heterocycles. The molecule has 0 spiro atoms. The topological polar surface area (TPSA) is 73.0 Å². The first-order chi connectivity index (χ1) is 12.0. The van der Waals surface area contributed by atoms with E-state index >= 15 is 0 Å². The van der Waals surface area contributed by atoms with Gasteiger partial charge in [0.2, 0.25) is 0 Å². The first-order valence-electron chi connectivity index (χ1n) is 8.35. The summed E-state index contributed by atoms with van der Waals surface area (Å²) in [6.45, 7) is 8.54. The Morgan fingerprint density at radius 1 is 1.24 bits per heavy atom. The van der Waals surface area contributed by atoms with Crippen LogP contribution in [0.4, 0.5) is 5.69 Å². The van der Waals surface area contributed by atoms with E-state index in [2.05, 4.69) is 34.6 Å². The van der Waals surface area contributed by atoms with Crippen LogP contribution in [0.1, 0.15) is 45.7 Å². The maximum atomic E-state index is 12.4. The minimum atomic E-state index is -0.287. The first-order valence-corrected chi connectivity index (χ1v) is 8.35. The van der Waals surface area contributed by atoms with Crippen LogP contribution in [0.15, 0.2) is 34.9 Å². The number of rotatable bonds is 5. The molecule has 0 saturated heterocycles. The van der Waals surface area contributed by atoms with Gasteiger partial charge in [0.25, 0.3) is 5.91 Å². The van der Waals surface area contributed by atoms with Crippen molar-refractivity contribution in [2.75, 3.05) is 5.32 Å². The van der Waals surface area contributed by atoms with Crippen molar-refractivity contribution in [3.63, 3.8) is 0 Å². The monoisotopic (exact) mass is 338 g/mol. The Hall–Kier alpha value is -2.89. The number of amides is 1. The lowest BCUT2D eigenvalue weighted by Gasteiger charge is -2.08. The van der Waals surface area contributed by atoms with Gasteiger partial charge in [-0.15, -0.1) is 0 Å². The van der Waals surface area contributed by atoms with Crippen LogP contribution < -0.4 is 5.32 Å². The van der Waals surface area contributed by atoms with Gasteiger partial charge in [0, 0.05) is 12.5 Å². The molecule has 0 fully saturated rings. The molecule has 6 nitrogen and oxygen atoms in total. The third-order valence-electron chi connectivity index (χ3n) is 4.34. The van der Waals surface area contributed by atoms with Crippen molar-refractivity contribution in [3.05, 3.63) is 64.3 Å². The minimum Gasteiger partial charge on any atom is -0.361 e. The van der Waals surface area contributed by atoms with Gasteiger partial charge in [-0.2, -0.15) is 5.10 Å². The molecule has 6 heteroatoms. The maximum absolute atomic E-state index is 12.4. The molecule has 3 rings (SSSR count). The molecule has 0 aliphatic heterocycles. The Kier molecular flexibility index (Phi) is 4.70. The maximum Gasteiger partial charge on any atom is 0.277 e. The third-order valence-corrected chi connectivity index (χ3v) is 4.34. The van der Waals surface area contributed by atoms with E-state index in [1.807, 2.05) is 37.6 Å². The average molecular weight is 338 g/mol. The number of carbonyl (C=O) groups excluding carboxylic acids is 1. The normalized spacial score (nSPS) is 10.9. The highest BCUT2D eigenvalue weighted by molar-refractivity contribution is 6.03. The molecule has 1 amide bonds. The van der Waals surface area contributed by atoms with Crippen LogP contribution in [0.5, 0.6) is 0 Å². The number of anilines is 1. The molecule has 0 aliphatic carbocycles. The highest BCUT2D eigenvalue weighted by Crippen LogP contribution is 2.22. The average Bonchev–Trinajstić information content (AvgIpc) is 3.18. The third kappa shape index (κ3) is 3.47. The molecule has 0 unspecified atom stereocenters. The SMILES string of the molecule is CCc1cc(C(=O)Nc2c(C)nn(Cc3ccccc3C)c2C)no1. The molecule has 3 aromatic rings. The van der Waals surface area contributed by atoms with Crippen LogP contribution in [0.25, 0.3) is 0 Å². The quantitative estimate of drug-likeness (QED) is 0.770. The summed E-state index contributed by atoms with van der Waals surface area (Å²) in [6.07, 6.45) is 0.701. The van der Waals surface area contributed by atoms with Crippen molar-refractivity contribution in [2.24, 2.45) is 0 Å². The van der Waals surface area contributed by atoms with E-state index < -0.39 is 0 Å². The smallest absolute Gasteiger partial charge is 0.277 e. The zero-order chi connectivity index (χ0) is 18.0. The summed E-state index contributed by atoms with van der Waals surface area (Å²) < 4.78 is 7.01. The van der Waals surface area contributed by atoms with E-state index in [0.29, 0.717) is 18.7 Å². The predicted molar refractivity (Wildman–Crippen MR) is 95.8 cm³/mol. The molecule has 0 atom stereocenters. The molecular weight excluding hydrogens is 316 g/mol. The lowest BCUT2D eigenvalue weighted by molar-refractivity contribution is 0.101. The summed E-state index contributed by atoms with van der Waals surface area (Å²) >= 11 is 0. The Bertz CT molecular complexity index is 908. The zero-order valence-electron chi connectivity index (χ0n) is 15.0. The Morgan fingerprint density at radius 2 is 2.00 bits per heavy atom. The molecule has 1 aromatic carbocycles. The number of carbonyl (C=O) groups is 1. The van der Waals surface area contributed by atoms with E-state index in [9.17, 15) is 4.79 Å². The van der Waals surface area contributed by atoms with Gasteiger partial charge >= 0.3 is 0 Å². The summed E-state index contributed by atoms with van der Waals surface area (Å²) in [7, 11) is 0. The molecule has 1 N–H and O–H groups in total.